The van der Waals surface area contributed by atoms with E-state index in [-0.39, 0.29) is 24.0 Å². The van der Waals surface area contributed by atoms with E-state index in [4.69, 9.17) is 4.74 Å². The van der Waals surface area contributed by atoms with Crippen molar-refractivity contribution in [2.75, 3.05) is 53.4 Å². The van der Waals surface area contributed by atoms with Crippen LogP contribution in [0.4, 0.5) is 0 Å². The molecule has 1 aromatic carbocycles. The molecule has 0 radical (unpaired) electrons. The molecular formula is C21H35IN4O. The van der Waals surface area contributed by atoms with Crippen molar-refractivity contribution in [3.63, 3.8) is 0 Å². The average Bonchev–Trinajstić information content (AvgIpc) is 3.15. The van der Waals surface area contributed by atoms with Crippen molar-refractivity contribution in [3.8, 4) is 5.75 Å². The topological polar surface area (TPSA) is 40.1 Å². The van der Waals surface area contributed by atoms with Crippen LogP contribution in [0.3, 0.4) is 0 Å². The predicted octanol–water partition coefficient (Wildman–Crippen LogP) is 3.41. The van der Waals surface area contributed by atoms with Crippen LogP contribution in [-0.2, 0) is 0 Å². The van der Waals surface area contributed by atoms with Crippen molar-refractivity contribution in [1.82, 2.24) is 15.1 Å². The van der Waals surface area contributed by atoms with E-state index in [0.29, 0.717) is 5.92 Å². The van der Waals surface area contributed by atoms with E-state index in [1.165, 1.54) is 37.9 Å². The van der Waals surface area contributed by atoms with Crippen molar-refractivity contribution in [3.05, 3.63) is 29.8 Å². The maximum absolute atomic E-state index is 5.27. The zero-order valence-corrected chi connectivity index (χ0v) is 19.3. The van der Waals surface area contributed by atoms with Crippen molar-refractivity contribution < 1.29 is 4.74 Å². The fourth-order valence-corrected chi connectivity index (χ4v) is 4.25. The summed E-state index contributed by atoms with van der Waals surface area (Å²) in [5.41, 5.74) is 1.39. The van der Waals surface area contributed by atoms with Gasteiger partial charge in [0.1, 0.15) is 5.75 Å². The van der Waals surface area contributed by atoms with Gasteiger partial charge in [-0.05, 0) is 49.4 Å². The third kappa shape index (κ3) is 6.24. The van der Waals surface area contributed by atoms with E-state index in [1.807, 2.05) is 7.05 Å². The molecule has 152 valence electrons. The Hall–Kier alpha value is -1.02. The molecular weight excluding hydrogens is 451 g/mol. The number of piperidine rings is 1. The van der Waals surface area contributed by atoms with Crippen LogP contribution in [0, 0.1) is 5.92 Å². The Labute approximate surface area is 181 Å². The Balaban J connectivity index is 0.00000261. The zero-order valence-electron chi connectivity index (χ0n) is 17.0. The number of hydrogen-bond donors (Lipinski definition) is 1. The van der Waals surface area contributed by atoms with E-state index < -0.39 is 0 Å². The normalized spacial score (nSPS) is 23.8. The third-order valence-corrected chi connectivity index (χ3v) is 5.74. The highest BCUT2D eigenvalue weighted by Crippen LogP contribution is 2.28. The summed E-state index contributed by atoms with van der Waals surface area (Å²) in [5.74, 6) is 3.38. The van der Waals surface area contributed by atoms with Gasteiger partial charge in [0, 0.05) is 45.7 Å². The highest BCUT2D eigenvalue weighted by molar-refractivity contribution is 14.0. The molecule has 3 rings (SSSR count). The van der Waals surface area contributed by atoms with Crippen molar-refractivity contribution in [2.45, 2.75) is 32.1 Å². The maximum atomic E-state index is 5.27. The molecule has 2 saturated heterocycles. The summed E-state index contributed by atoms with van der Waals surface area (Å²) < 4.78 is 5.27. The third-order valence-electron chi connectivity index (χ3n) is 5.74. The first-order valence-electron chi connectivity index (χ1n) is 10.0. The molecule has 1 aromatic rings. The number of hydrogen-bond acceptors (Lipinski definition) is 3. The molecule has 2 aliphatic heterocycles. The standard InChI is InChI=1S/C21H34N4O.HI/c1-17-5-4-12-24(15-17)14-11-23-21(22-2)25-13-10-19(16-25)18-6-8-20(26-3)9-7-18;/h6-9,17,19H,4-5,10-16H2,1-3H3,(H,22,23);1H. The summed E-state index contributed by atoms with van der Waals surface area (Å²) in [5, 5.41) is 3.58. The van der Waals surface area contributed by atoms with Crippen LogP contribution in [0.1, 0.15) is 37.7 Å². The van der Waals surface area contributed by atoms with E-state index in [2.05, 4.69) is 51.3 Å². The van der Waals surface area contributed by atoms with Crippen LogP contribution in [0.25, 0.3) is 0 Å². The monoisotopic (exact) mass is 486 g/mol. The van der Waals surface area contributed by atoms with Crippen molar-refractivity contribution in [2.24, 2.45) is 10.9 Å². The van der Waals surface area contributed by atoms with E-state index >= 15 is 0 Å². The zero-order chi connectivity index (χ0) is 18.4. The number of halogens is 1. The average molecular weight is 486 g/mol. The molecule has 5 nitrogen and oxygen atoms in total. The summed E-state index contributed by atoms with van der Waals surface area (Å²) in [4.78, 5) is 9.49. The van der Waals surface area contributed by atoms with Gasteiger partial charge in [-0.2, -0.15) is 0 Å². The first-order valence-corrected chi connectivity index (χ1v) is 10.0. The second-order valence-electron chi connectivity index (χ2n) is 7.73. The summed E-state index contributed by atoms with van der Waals surface area (Å²) >= 11 is 0. The number of rotatable bonds is 5. The van der Waals surface area contributed by atoms with E-state index in [1.54, 1.807) is 7.11 Å². The molecule has 2 heterocycles. The van der Waals surface area contributed by atoms with Crippen molar-refractivity contribution in [1.29, 1.82) is 0 Å². The van der Waals surface area contributed by atoms with Gasteiger partial charge in [-0.25, -0.2) is 0 Å². The molecule has 27 heavy (non-hydrogen) atoms. The SMILES string of the molecule is CN=C(NCCN1CCCC(C)C1)N1CCC(c2ccc(OC)cc2)C1.I. The Morgan fingerprint density at radius 3 is 2.63 bits per heavy atom. The number of ether oxygens (including phenoxy) is 1. The van der Waals surface area contributed by atoms with Gasteiger partial charge in [0.15, 0.2) is 5.96 Å². The van der Waals surface area contributed by atoms with Gasteiger partial charge in [0.2, 0.25) is 0 Å². The van der Waals surface area contributed by atoms with Gasteiger partial charge in [0.25, 0.3) is 0 Å². The lowest BCUT2D eigenvalue weighted by Gasteiger charge is -2.31. The van der Waals surface area contributed by atoms with Gasteiger partial charge in [-0.3, -0.25) is 4.99 Å². The van der Waals surface area contributed by atoms with Crippen molar-refractivity contribution >= 4 is 29.9 Å². The lowest BCUT2D eigenvalue weighted by molar-refractivity contribution is 0.186. The van der Waals surface area contributed by atoms with Crippen LogP contribution in [0.5, 0.6) is 5.75 Å². The minimum absolute atomic E-state index is 0. The minimum atomic E-state index is 0. The van der Waals surface area contributed by atoms with Crippen LogP contribution in [-0.4, -0.2) is 69.2 Å². The predicted molar refractivity (Wildman–Crippen MR) is 124 cm³/mol. The van der Waals surface area contributed by atoms with E-state index in [0.717, 1.165) is 43.8 Å². The molecule has 2 unspecified atom stereocenters. The minimum Gasteiger partial charge on any atom is -0.497 e. The largest absolute Gasteiger partial charge is 0.497 e. The fourth-order valence-electron chi connectivity index (χ4n) is 4.25. The van der Waals surface area contributed by atoms with Gasteiger partial charge < -0.3 is 19.9 Å². The molecule has 2 fully saturated rings. The van der Waals surface area contributed by atoms with Gasteiger partial charge >= 0.3 is 0 Å². The Morgan fingerprint density at radius 1 is 1.19 bits per heavy atom. The number of guanidine groups is 1. The molecule has 0 bridgehead atoms. The maximum Gasteiger partial charge on any atom is 0.193 e. The molecule has 0 saturated carbocycles. The first kappa shape index (κ1) is 22.3. The van der Waals surface area contributed by atoms with E-state index in [9.17, 15) is 0 Å². The second kappa shape index (κ2) is 11.1. The fraction of sp³-hybridized carbons (Fsp3) is 0.667. The number of nitrogens with zero attached hydrogens (tertiary/aromatic N) is 3. The molecule has 0 spiro atoms. The molecule has 0 aromatic heterocycles. The van der Waals surface area contributed by atoms with Crippen LogP contribution in [0.15, 0.2) is 29.3 Å². The van der Waals surface area contributed by atoms with Gasteiger partial charge in [-0.1, -0.05) is 19.1 Å². The molecule has 0 aliphatic carbocycles. The second-order valence-corrected chi connectivity index (χ2v) is 7.73. The lowest BCUT2D eigenvalue weighted by Crippen LogP contribution is -2.44. The smallest absolute Gasteiger partial charge is 0.193 e. The Morgan fingerprint density at radius 2 is 1.96 bits per heavy atom. The Bertz CT molecular complexity index is 592. The summed E-state index contributed by atoms with van der Waals surface area (Å²) in [6.45, 7) is 9.03. The molecule has 2 aliphatic rings. The summed E-state index contributed by atoms with van der Waals surface area (Å²) in [7, 11) is 3.61. The number of nitrogens with one attached hydrogen (secondary N) is 1. The molecule has 2 atom stereocenters. The Kier molecular flexibility index (Phi) is 9.15. The number of methoxy groups -OCH3 is 1. The highest BCUT2D eigenvalue weighted by Gasteiger charge is 2.26. The van der Waals surface area contributed by atoms with Gasteiger partial charge in [-0.15, -0.1) is 24.0 Å². The molecule has 6 heteroatoms. The quantitative estimate of drug-likeness (QED) is 0.394. The number of aliphatic imine (C=N–C) groups is 1. The number of likely N-dealkylation sites (tertiary alicyclic amines) is 2. The molecule has 0 amide bonds. The summed E-state index contributed by atoms with van der Waals surface area (Å²) in [6, 6.07) is 8.51. The van der Waals surface area contributed by atoms with Gasteiger partial charge in [0.05, 0.1) is 7.11 Å². The lowest BCUT2D eigenvalue weighted by atomic mass is 9.98. The highest BCUT2D eigenvalue weighted by atomic mass is 127. The first-order chi connectivity index (χ1) is 12.7. The van der Waals surface area contributed by atoms with Crippen LogP contribution in [0.2, 0.25) is 0 Å². The summed E-state index contributed by atoms with van der Waals surface area (Å²) in [6.07, 6.45) is 3.90. The van der Waals surface area contributed by atoms with Crippen LogP contribution < -0.4 is 10.1 Å². The number of benzene rings is 1. The van der Waals surface area contributed by atoms with Crippen LogP contribution >= 0.6 is 24.0 Å². The molecule has 1 N–H and O–H groups in total.